The molecule has 0 spiro atoms. The van der Waals surface area contributed by atoms with Gasteiger partial charge in [0.05, 0.1) is 17.1 Å². The van der Waals surface area contributed by atoms with Crippen molar-refractivity contribution in [3.63, 3.8) is 0 Å². The number of carbonyl (C=O) groups is 2. The summed E-state index contributed by atoms with van der Waals surface area (Å²) >= 11 is 0. The van der Waals surface area contributed by atoms with Crippen LogP contribution in [0.25, 0.3) is 0 Å². The van der Waals surface area contributed by atoms with Crippen molar-refractivity contribution in [2.75, 3.05) is 11.9 Å². The van der Waals surface area contributed by atoms with E-state index in [0.717, 1.165) is 12.8 Å². The minimum absolute atomic E-state index is 0.0894. The highest BCUT2D eigenvalue weighted by atomic mass is 32.2. The third kappa shape index (κ3) is 4.20. The summed E-state index contributed by atoms with van der Waals surface area (Å²) in [5.74, 6) is -0.674. The molecule has 0 bridgehead atoms. The van der Waals surface area contributed by atoms with Crippen molar-refractivity contribution in [2.45, 2.75) is 37.2 Å². The Balaban J connectivity index is 2.19. The maximum Gasteiger partial charge on any atom is 0.265 e. The Morgan fingerprint density at radius 1 is 1.43 bits per heavy atom. The normalized spacial score (nSPS) is 17.1. The fraction of sp³-hybridized carbons (Fsp3) is 0.429. The molecule has 0 saturated heterocycles. The summed E-state index contributed by atoms with van der Waals surface area (Å²) in [5.41, 5.74) is 5.20. The van der Waals surface area contributed by atoms with E-state index >= 15 is 0 Å². The molecule has 0 aliphatic carbocycles. The Morgan fingerprint density at radius 3 is 2.83 bits per heavy atom. The van der Waals surface area contributed by atoms with Gasteiger partial charge in [0.15, 0.2) is 6.10 Å². The monoisotopic (exact) mass is 341 g/mol. The Kier molecular flexibility index (Phi) is 5.22. The van der Waals surface area contributed by atoms with Gasteiger partial charge < -0.3 is 15.8 Å². The van der Waals surface area contributed by atoms with E-state index in [2.05, 4.69) is 10.0 Å². The Morgan fingerprint density at radius 2 is 2.17 bits per heavy atom. The molecule has 4 N–H and O–H groups in total. The van der Waals surface area contributed by atoms with Crippen LogP contribution in [0.15, 0.2) is 23.1 Å². The minimum atomic E-state index is -3.89. The van der Waals surface area contributed by atoms with E-state index in [9.17, 15) is 18.0 Å². The van der Waals surface area contributed by atoms with Gasteiger partial charge in [0.2, 0.25) is 15.9 Å². The van der Waals surface area contributed by atoms with Crippen molar-refractivity contribution in [2.24, 2.45) is 5.73 Å². The van der Waals surface area contributed by atoms with E-state index in [4.69, 9.17) is 10.5 Å². The molecule has 1 aliphatic rings. The molecule has 2 rings (SSSR count). The van der Waals surface area contributed by atoms with Crippen LogP contribution in [0.4, 0.5) is 5.69 Å². The largest absolute Gasteiger partial charge is 0.478 e. The summed E-state index contributed by atoms with van der Waals surface area (Å²) in [6, 6.07) is 4.11. The van der Waals surface area contributed by atoms with E-state index in [1.165, 1.54) is 18.2 Å². The highest BCUT2D eigenvalue weighted by Gasteiger charge is 2.28. The molecule has 126 valence electrons. The number of fused-ring (bicyclic) bond motifs is 1. The first-order chi connectivity index (χ1) is 10.8. The molecule has 1 aromatic carbocycles. The quantitative estimate of drug-likeness (QED) is 0.659. The molecular formula is C14H19N3O5S. The predicted molar refractivity (Wildman–Crippen MR) is 83.4 cm³/mol. The van der Waals surface area contributed by atoms with Gasteiger partial charge in [-0.05, 0) is 31.0 Å². The minimum Gasteiger partial charge on any atom is -0.478 e. The molecule has 9 heteroatoms. The lowest BCUT2D eigenvalue weighted by molar-refractivity contribution is -0.123. The van der Waals surface area contributed by atoms with E-state index in [0.29, 0.717) is 12.2 Å². The number of ether oxygens (including phenoxy) is 1. The van der Waals surface area contributed by atoms with Crippen LogP contribution in [-0.2, 0) is 19.6 Å². The molecule has 0 aromatic heterocycles. The lowest BCUT2D eigenvalue weighted by atomic mass is 10.1. The number of hydrogen-bond donors (Lipinski definition) is 3. The second-order valence-corrected chi connectivity index (χ2v) is 6.95. The average Bonchev–Trinajstić information content (AvgIpc) is 2.50. The maximum absolute atomic E-state index is 12.0. The first-order valence-corrected chi connectivity index (χ1v) is 8.71. The van der Waals surface area contributed by atoms with Crippen LogP contribution in [0.2, 0.25) is 0 Å². The number of amides is 2. The topological polar surface area (TPSA) is 128 Å². The van der Waals surface area contributed by atoms with Gasteiger partial charge in [-0.1, -0.05) is 13.3 Å². The van der Waals surface area contributed by atoms with Crippen LogP contribution in [0, 0.1) is 0 Å². The van der Waals surface area contributed by atoms with Gasteiger partial charge in [-0.3, -0.25) is 9.59 Å². The van der Waals surface area contributed by atoms with Crippen molar-refractivity contribution < 1.29 is 22.7 Å². The number of primary amides is 1. The van der Waals surface area contributed by atoms with Crippen molar-refractivity contribution in [1.82, 2.24) is 4.72 Å². The highest BCUT2D eigenvalue weighted by Crippen LogP contribution is 2.32. The molecule has 8 nitrogen and oxygen atoms in total. The van der Waals surface area contributed by atoms with E-state index in [-0.39, 0.29) is 16.5 Å². The van der Waals surface area contributed by atoms with Crippen LogP contribution in [0.1, 0.15) is 26.2 Å². The molecule has 1 aromatic rings. The van der Waals surface area contributed by atoms with Crippen LogP contribution in [0.5, 0.6) is 5.75 Å². The molecule has 1 heterocycles. The third-order valence-electron chi connectivity index (χ3n) is 3.34. The second kappa shape index (κ2) is 6.97. The third-order valence-corrected chi connectivity index (χ3v) is 4.74. The molecule has 1 unspecified atom stereocenters. The van der Waals surface area contributed by atoms with Crippen LogP contribution in [-0.4, -0.2) is 32.9 Å². The average molecular weight is 341 g/mol. The van der Waals surface area contributed by atoms with E-state index in [1.54, 1.807) is 0 Å². The summed E-state index contributed by atoms with van der Waals surface area (Å²) in [6.07, 6.45) is 1.83. The van der Waals surface area contributed by atoms with Gasteiger partial charge in [-0.15, -0.1) is 0 Å². The van der Waals surface area contributed by atoms with Crippen LogP contribution >= 0.6 is 0 Å². The summed E-state index contributed by atoms with van der Waals surface area (Å²) in [5, 5.41) is 2.65. The number of benzene rings is 1. The summed E-state index contributed by atoms with van der Waals surface area (Å²) < 4.78 is 31.8. The second-order valence-electron chi connectivity index (χ2n) is 5.19. The van der Waals surface area contributed by atoms with Crippen molar-refractivity contribution in [3.05, 3.63) is 18.2 Å². The van der Waals surface area contributed by atoms with Gasteiger partial charge >= 0.3 is 0 Å². The number of rotatable bonds is 7. The van der Waals surface area contributed by atoms with Gasteiger partial charge in [0, 0.05) is 0 Å². The molecule has 0 fully saturated rings. The number of nitrogens with two attached hydrogens (primary N) is 1. The SMILES string of the molecule is CCCCC1Oc2ccc(S(=O)(=O)NCC(N)=O)cc2NC1=O. The zero-order valence-corrected chi connectivity index (χ0v) is 13.5. The number of nitrogens with one attached hydrogen (secondary N) is 2. The number of unbranched alkanes of at least 4 members (excludes halogenated alkanes) is 1. The molecule has 2 amide bonds. The van der Waals surface area contributed by atoms with Crippen molar-refractivity contribution >= 4 is 27.5 Å². The van der Waals surface area contributed by atoms with E-state index < -0.39 is 28.6 Å². The first-order valence-electron chi connectivity index (χ1n) is 7.23. The fourth-order valence-corrected chi connectivity index (χ4v) is 3.14. The fourth-order valence-electron chi connectivity index (χ4n) is 2.13. The lowest BCUT2D eigenvalue weighted by Crippen LogP contribution is -2.37. The molecular weight excluding hydrogens is 322 g/mol. The number of hydrogen-bond acceptors (Lipinski definition) is 5. The highest BCUT2D eigenvalue weighted by molar-refractivity contribution is 7.89. The summed E-state index contributed by atoms with van der Waals surface area (Å²) in [4.78, 5) is 22.6. The molecule has 23 heavy (non-hydrogen) atoms. The van der Waals surface area contributed by atoms with Crippen LogP contribution < -0.4 is 20.5 Å². The number of carbonyl (C=O) groups excluding carboxylic acids is 2. The zero-order chi connectivity index (χ0) is 17.0. The molecule has 0 radical (unpaired) electrons. The van der Waals surface area contributed by atoms with Gasteiger partial charge in [0.25, 0.3) is 5.91 Å². The predicted octanol–water partition coefficient (Wildman–Crippen LogP) is 0.340. The van der Waals surface area contributed by atoms with Crippen molar-refractivity contribution in [3.8, 4) is 5.75 Å². The Hall–Kier alpha value is -2.13. The van der Waals surface area contributed by atoms with Crippen LogP contribution in [0.3, 0.4) is 0 Å². The van der Waals surface area contributed by atoms with E-state index in [1.807, 2.05) is 6.92 Å². The summed E-state index contributed by atoms with van der Waals surface area (Å²) in [7, 11) is -3.89. The molecule has 1 atom stereocenters. The summed E-state index contributed by atoms with van der Waals surface area (Å²) in [6.45, 7) is 1.52. The maximum atomic E-state index is 12.0. The molecule has 1 aliphatic heterocycles. The van der Waals surface area contributed by atoms with Gasteiger partial charge in [-0.2, -0.15) is 0 Å². The van der Waals surface area contributed by atoms with Gasteiger partial charge in [-0.25, -0.2) is 13.1 Å². The Bertz CT molecular complexity index is 717. The first kappa shape index (κ1) is 17.2. The van der Waals surface area contributed by atoms with Crippen molar-refractivity contribution in [1.29, 1.82) is 0 Å². The number of sulfonamides is 1. The lowest BCUT2D eigenvalue weighted by Gasteiger charge is -2.26. The molecule has 0 saturated carbocycles. The smallest absolute Gasteiger partial charge is 0.265 e. The number of anilines is 1. The Labute approximate surface area is 134 Å². The standard InChI is InChI=1S/C14H19N3O5S/c1-2-3-4-12-14(19)17-10-7-9(5-6-11(10)22-12)23(20,21)16-8-13(15)18/h5-7,12,16H,2-4,8H2,1H3,(H2,15,18)(H,17,19). The zero-order valence-electron chi connectivity index (χ0n) is 12.7. The van der Waals surface area contributed by atoms with Gasteiger partial charge in [0.1, 0.15) is 5.75 Å².